The minimum Gasteiger partial charge on any atom is -0.491 e. The van der Waals surface area contributed by atoms with Crippen LogP contribution in [0.4, 0.5) is 0 Å². The molecule has 0 saturated carbocycles. The number of rotatable bonds is 9. The average Bonchev–Trinajstić information content (AvgIpc) is 2.51. The van der Waals surface area contributed by atoms with Crippen molar-refractivity contribution in [3.05, 3.63) is 42.5 Å². The molecule has 0 heterocycles. The summed E-state index contributed by atoms with van der Waals surface area (Å²) < 4.78 is 10.3. The van der Waals surface area contributed by atoms with Crippen LogP contribution in [0.5, 0.6) is 5.75 Å². The van der Waals surface area contributed by atoms with Gasteiger partial charge in [0.2, 0.25) is 0 Å². The van der Waals surface area contributed by atoms with E-state index >= 15 is 0 Å². The number of aliphatic hydroxyl groups is 1. The molecular weight excluding hydrogens is 284 g/mol. The maximum absolute atomic E-state index is 11.7. The molecule has 120 valence electrons. The first-order valence-electron chi connectivity index (χ1n) is 7.01. The normalized spacial score (nSPS) is 12.3. The third kappa shape index (κ3) is 6.54. The van der Waals surface area contributed by atoms with Crippen molar-refractivity contribution in [1.29, 1.82) is 0 Å². The van der Waals surface area contributed by atoms with Gasteiger partial charge in [-0.2, -0.15) is 0 Å². The summed E-state index contributed by atoms with van der Waals surface area (Å²) >= 11 is 0. The lowest BCUT2D eigenvalue weighted by molar-refractivity contribution is -0.142. The van der Waals surface area contributed by atoms with E-state index < -0.39 is 17.5 Å². The fraction of sp³-hybridized carbons (Fsp3) is 0.412. The molecule has 1 aromatic carbocycles. The highest BCUT2D eigenvalue weighted by atomic mass is 16.5. The Hall–Kier alpha value is -2.14. The number of ether oxygens (including phenoxy) is 2. The zero-order chi connectivity index (χ0) is 16.6. The van der Waals surface area contributed by atoms with E-state index in [-0.39, 0.29) is 25.2 Å². The molecule has 5 nitrogen and oxygen atoms in total. The number of benzene rings is 1. The van der Waals surface area contributed by atoms with E-state index in [1.807, 2.05) is 18.2 Å². The smallest absolute Gasteiger partial charge is 0.333 e. The molecule has 1 aromatic rings. The van der Waals surface area contributed by atoms with E-state index in [0.717, 1.165) is 6.29 Å². The zero-order valence-corrected chi connectivity index (χ0v) is 13.0. The van der Waals surface area contributed by atoms with Crippen molar-refractivity contribution < 1.29 is 24.2 Å². The number of carbonyl (C=O) groups excluding carboxylic acids is 2. The number of carbonyl (C=O) groups is 2. The van der Waals surface area contributed by atoms with Gasteiger partial charge in [0.05, 0.1) is 0 Å². The lowest BCUT2D eigenvalue weighted by Crippen LogP contribution is -2.26. The lowest BCUT2D eigenvalue weighted by atomic mass is 9.88. The van der Waals surface area contributed by atoms with E-state index in [1.54, 1.807) is 26.0 Å². The van der Waals surface area contributed by atoms with Crippen molar-refractivity contribution in [2.75, 3.05) is 13.2 Å². The van der Waals surface area contributed by atoms with Crippen LogP contribution in [-0.2, 0) is 14.3 Å². The van der Waals surface area contributed by atoms with Crippen LogP contribution in [-0.4, -0.2) is 36.7 Å². The summed E-state index contributed by atoms with van der Waals surface area (Å²) in [6, 6.07) is 9.03. The minimum absolute atomic E-state index is 0.0175. The maximum Gasteiger partial charge on any atom is 0.333 e. The van der Waals surface area contributed by atoms with Crippen molar-refractivity contribution in [3.63, 3.8) is 0 Å². The molecule has 0 saturated heterocycles. The summed E-state index contributed by atoms with van der Waals surface area (Å²) in [5.41, 5.74) is -0.459. The molecule has 1 atom stereocenters. The van der Waals surface area contributed by atoms with Crippen LogP contribution in [0.15, 0.2) is 42.5 Å². The average molecular weight is 306 g/mol. The van der Waals surface area contributed by atoms with Gasteiger partial charge in [-0.15, -0.1) is 0 Å². The van der Waals surface area contributed by atoms with Gasteiger partial charge in [-0.1, -0.05) is 38.6 Å². The molecule has 0 amide bonds. The monoisotopic (exact) mass is 306 g/mol. The Morgan fingerprint density at radius 3 is 2.55 bits per heavy atom. The lowest BCUT2D eigenvalue weighted by Gasteiger charge is -2.18. The fourth-order valence-corrected chi connectivity index (χ4v) is 1.70. The van der Waals surface area contributed by atoms with Gasteiger partial charge in [0, 0.05) is 11.0 Å². The Balaban J connectivity index is 2.31. The first-order chi connectivity index (χ1) is 10.3. The van der Waals surface area contributed by atoms with Crippen LogP contribution >= 0.6 is 0 Å². The molecule has 1 rings (SSSR count). The van der Waals surface area contributed by atoms with E-state index in [0.29, 0.717) is 5.75 Å². The molecule has 22 heavy (non-hydrogen) atoms. The first-order valence-corrected chi connectivity index (χ1v) is 7.01. The van der Waals surface area contributed by atoms with Gasteiger partial charge >= 0.3 is 5.97 Å². The van der Waals surface area contributed by atoms with Crippen LogP contribution in [0.25, 0.3) is 0 Å². The molecule has 0 radical (unpaired) electrons. The van der Waals surface area contributed by atoms with E-state index in [4.69, 9.17) is 9.47 Å². The predicted molar refractivity (Wildman–Crippen MR) is 82.5 cm³/mol. The van der Waals surface area contributed by atoms with Gasteiger partial charge in [-0.05, 0) is 18.6 Å². The van der Waals surface area contributed by atoms with Crippen LogP contribution < -0.4 is 4.74 Å². The highest BCUT2D eigenvalue weighted by Gasteiger charge is 2.22. The molecule has 0 fully saturated rings. The summed E-state index contributed by atoms with van der Waals surface area (Å²) in [7, 11) is 0. The number of hydrogen-bond donors (Lipinski definition) is 1. The molecule has 0 spiro atoms. The highest BCUT2D eigenvalue weighted by molar-refractivity contribution is 5.88. The van der Waals surface area contributed by atoms with Crippen LogP contribution in [0.2, 0.25) is 0 Å². The van der Waals surface area contributed by atoms with Gasteiger partial charge < -0.3 is 19.4 Å². The maximum atomic E-state index is 11.7. The quantitative estimate of drug-likeness (QED) is 0.430. The third-order valence-corrected chi connectivity index (χ3v) is 2.87. The standard InChI is InChI=1S/C17H22O5/c1-13(9-17(2,3)12-18)16(20)22-11-14(19)10-21-15-7-5-4-6-8-15/h4-8,12,14,19H,1,9-11H2,2-3H3. The Labute approximate surface area is 130 Å². The Morgan fingerprint density at radius 2 is 1.95 bits per heavy atom. The molecular formula is C17H22O5. The number of hydrogen-bond acceptors (Lipinski definition) is 5. The Kier molecular flexibility index (Phi) is 6.79. The molecule has 0 aliphatic heterocycles. The molecule has 0 aromatic heterocycles. The fourth-order valence-electron chi connectivity index (χ4n) is 1.70. The third-order valence-electron chi connectivity index (χ3n) is 2.87. The van der Waals surface area contributed by atoms with Gasteiger partial charge in [-0.25, -0.2) is 4.79 Å². The predicted octanol–water partition coefficient (Wildman–Crippen LogP) is 2.14. The molecule has 5 heteroatoms. The summed E-state index contributed by atoms with van der Waals surface area (Å²) in [5, 5.41) is 9.73. The number of aliphatic hydroxyl groups excluding tert-OH is 1. The van der Waals surface area contributed by atoms with E-state index in [9.17, 15) is 14.7 Å². The van der Waals surface area contributed by atoms with Crippen LogP contribution in [0.1, 0.15) is 20.3 Å². The van der Waals surface area contributed by atoms with Crippen molar-refractivity contribution in [2.24, 2.45) is 5.41 Å². The topological polar surface area (TPSA) is 72.8 Å². The van der Waals surface area contributed by atoms with E-state index in [1.165, 1.54) is 0 Å². The van der Waals surface area contributed by atoms with E-state index in [2.05, 4.69) is 6.58 Å². The van der Waals surface area contributed by atoms with Crippen LogP contribution in [0, 0.1) is 5.41 Å². The van der Waals surface area contributed by atoms with Crippen molar-refractivity contribution in [2.45, 2.75) is 26.4 Å². The van der Waals surface area contributed by atoms with Crippen molar-refractivity contribution >= 4 is 12.3 Å². The molecule has 1 unspecified atom stereocenters. The second kappa shape index (κ2) is 8.34. The molecule has 0 aliphatic carbocycles. The van der Waals surface area contributed by atoms with Gasteiger partial charge in [0.15, 0.2) is 0 Å². The number of para-hydroxylation sites is 1. The van der Waals surface area contributed by atoms with Gasteiger partial charge in [0.1, 0.15) is 31.4 Å². The Morgan fingerprint density at radius 1 is 1.32 bits per heavy atom. The van der Waals surface area contributed by atoms with Crippen molar-refractivity contribution in [3.8, 4) is 5.75 Å². The second-order valence-corrected chi connectivity index (χ2v) is 5.76. The summed E-state index contributed by atoms with van der Waals surface area (Å²) in [6.45, 7) is 6.86. The molecule has 1 N–H and O–H groups in total. The minimum atomic E-state index is -0.934. The van der Waals surface area contributed by atoms with Crippen molar-refractivity contribution in [1.82, 2.24) is 0 Å². The number of esters is 1. The SMILES string of the molecule is C=C(CC(C)(C)C=O)C(=O)OCC(O)COc1ccccc1. The van der Waals surface area contributed by atoms with Gasteiger partial charge in [0.25, 0.3) is 0 Å². The molecule has 0 bridgehead atoms. The summed E-state index contributed by atoms with van der Waals surface area (Å²) in [5.74, 6) is 0.0127. The summed E-state index contributed by atoms with van der Waals surface area (Å²) in [4.78, 5) is 22.5. The van der Waals surface area contributed by atoms with Gasteiger partial charge in [-0.3, -0.25) is 0 Å². The number of aldehydes is 1. The second-order valence-electron chi connectivity index (χ2n) is 5.76. The first kappa shape index (κ1) is 17.9. The largest absolute Gasteiger partial charge is 0.491 e. The Bertz CT molecular complexity index is 507. The van der Waals surface area contributed by atoms with Crippen LogP contribution in [0.3, 0.4) is 0 Å². The summed E-state index contributed by atoms with van der Waals surface area (Å²) in [6.07, 6.45) is 0.0518. The highest BCUT2D eigenvalue weighted by Crippen LogP contribution is 2.22. The molecule has 0 aliphatic rings. The zero-order valence-electron chi connectivity index (χ0n) is 13.0.